The van der Waals surface area contributed by atoms with E-state index in [0.717, 1.165) is 77.9 Å². The van der Waals surface area contributed by atoms with Gasteiger partial charge >= 0.3 is 0 Å². The van der Waals surface area contributed by atoms with E-state index < -0.39 is 12.1 Å². The Balaban J connectivity index is 2.11. The summed E-state index contributed by atoms with van der Waals surface area (Å²) < 4.78 is 0. The van der Waals surface area contributed by atoms with Crippen LogP contribution < -0.4 is 0 Å². The number of benzene rings is 4. The third-order valence-corrected chi connectivity index (χ3v) is 10.2. The topological polar surface area (TPSA) is 99.3 Å². The zero-order valence-electron chi connectivity index (χ0n) is 34.5. The molecule has 6 heteroatoms. The van der Waals surface area contributed by atoms with Gasteiger partial charge in [0, 0.05) is 23.6 Å². The van der Waals surface area contributed by atoms with Gasteiger partial charge in [-0.3, -0.25) is 19.6 Å². The maximum atomic E-state index is 13.3. The van der Waals surface area contributed by atoms with Crippen LogP contribution in [0.1, 0.15) is 115 Å². The lowest BCUT2D eigenvalue weighted by molar-refractivity contribution is -0.114. The van der Waals surface area contributed by atoms with Crippen LogP contribution in [0.25, 0.3) is 11.5 Å². The number of Topliss-reactive ketones (excluding diaryl/α,β-unsaturated/α-hetero) is 2. The number of aliphatic hydroxyl groups excluding tert-OH is 2. The van der Waals surface area contributed by atoms with Crippen LogP contribution >= 0.6 is 0 Å². The van der Waals surface area contributed by atoms with E-state index in [1.54, 1.807) is 0 Å². The first-order valence-electron chi connectivity index (χ1n) is 18.5. The van der Waals surface area contributed by atoms with Crippen molar-refractivity contribution in [1.82, 2.24) is 0 Å². The van der Waals surface area contributed by atoms with Crippen LogP contribution in [-0.2, 0) is 9.59 Å². The van der Waals surface area contributed by atoms with Gasteiger partial charge in [-0.05, 0) is 153 Å². The highest BCUT2D eigenvalue weighted by molar-refractivity contribution is 6.18. The van der Waals surface area contributed by atoms with E-state index >= 15 is 0 Å². The number of ketones is 2. The minimum absolute atomic E-state index is 0.0878. The Morgan fingerprint density at radius 1 is 0.444 bits per heavy atom. The van der Waals surface area contributed by atoms with Gasteiger partial charge in [0.1, 0.15) is 23.6 Å². The molecule has 0 amide bonds. The second-order valence-corrected chi connectivity index (χ2v) is 15.3. The van der Waals surface area contributed by atoms with Crippen molar-refractivity contribution in [2.24, 2.45) is 9.98 Å². The molecule has 4 aromatic carbocycles. The van der Waals surface area contributed by atoms with Crippen molar-refractivity contribution >= 4 is 35.5 Å². The van der Waals surface area contributed by atoms with Crippen LogP contribution in [-0.4, -0.2) is 34.2 Å². The lowest BCUT2D eigenvalue weighted by Crippen LogP contribution is -2.16. The molecule has 6 nitrogen and oxygen atoms in total. The van der Waals surface area contributed by atoms with Crippen molar-refractivity contribution in [2.75, 3.05) is 0 Å². The number of aliphatic hydroxyl groups is 2. The predicted octanol–water partition coefficient (Wildman–Crippen LogP) is 11.4. The number of hydrogen-bond acceptors (Lipinski definition) is 6. The molecule has 4 rings (SSSR count). The normalized spacial score (nSPS) is 14.0. The average molecular weight is 725 g/mol. The molecule has 0 unspecified atom stereocenters. The van der Waals surface area contributed by atoms with Crippen LogP contribution in [0.3, 0.4) is 0 Å². The number of aliphatic imine (C=N–C) groups is 2. The molecule has 0 radical (unpaired) electrons. The van der Waals surface area contributed by atoms with Gasteiger partial charge in [0.2, 0.25) is 0 Å². The lowest BCUT2D eigenvalue weighted by atomic mass is 9.84. The van der Waals surface area contributed by atoms with Crippen molar-refractivity contribution in [1.29, 1.82) is 0 Å². The second-order valence-electron chi connectivity index (χ2n) is 15.3. The molecule has 0 aliphatic carbocycles. The van der Waals surface area contributed by atoms with E-state index in [-0.39, 0.29) is 34.2 Å². The van der Waals surface area contributed by atoms with Gasteiger partial charge in [-0.25, -0.2) is 0 Å². The summed E-state index contributed by atoms with van der Waals surface area (Å²) in [7, 11) is 0. The predicted molar refractivity (Wildman–Crippen MR) is 226 cm³/mol. The summed E-state index contributed by atoms with van der Waals surface area (Å²) in [6, 6.07) is 15.0. The van der Waals surface area contributed by atoms with Crippen molar-refractivity contribution in [3.8, 4) is 0 Å². The summed E-state index contributed by atoms with van der Waals surface area (Å²) in [5.74, 6) is -0.915. The first kappa shape index (κ1) is 41.4. The average Bonchev–Trinajstić information content (AvgIpc) is 3.01. The molecule has 0 fully saturated rings. The zero-order valence-corrected chi connectivity index (χ0v) is 34.5. The van der Waals surface area contributed by atoms with Crippen LogP contribution in [0, 0.1) is 83.1 Å². The standard InChI is InChI=1S/C48H56N2O4/c1-25-15-29(5)41(30(6)16-25)45(49-23-39(37(13)51)47(53)43-33(9)19-27(3)20-34(43)10)46(42-31(7)17-26(2)18-32(42)8)50-24-40(38(14)52)48(54)44-35(11)21-28(4)22-36(44)12/h15-24,45-46,53-54H,1-14H3/b47-39-,48-40-,49-23?,50-24?/t45-,46-/m1/s1. The quantitative estimate of drug-likeness (QED) is 0.0913. The van der Waals surface area contributed by atoms with E-state index in [0.29, 0.717) is 11.1 Å². The van der Waals surface area contributed by atoms with Crippen LogP contribution in [0.5, 0.6) is 0 Å². The molecule has 0 aromatic heterocycles. The smallest absolute Gasteiger partial charge is 0.165 e. The fourth-order valence-electron chi connectivity index (χ4n) is 8.27. The molecule has 0 saturated heterocycles. The maximum absolute atomic E-state index is 13.3. The summed E-state index contributed by atoms with van der Waals surface area (Å²) in [5.41, 5.74) is 15.0. The molecule has 0 bridgehead atoms. The molecule has 0 aliphatic heterocycles. The number of hydrogen-bond donors (Lipinski definition) is 2. The fraction of sp³-hybridized carbons (Fsp3) is 0.333. The number of allylic oxidation sites excluding steroid dienone is 2. The van der Waals surface area contributed by atoms with Crippen molar-refractivity contribution < 1.29 is 19.8 Å². The molecular weight excluding hydrogens is 669 g/mol. The van der Waals surface area contributed by atoms with Crippen LogP contribution in [0.2, 0.25) is 0 Å². The molecule has 0 heterocycles. The Kier molecular flexibility index (Phi) is 12.8. The van der Waals surface area contributed by atoms with Gasteiger partial charge in [0.25, 0.3) is 0 Å². The SMILES string of the molecule is CC(=O)/C(C=N[C@H](c1c(C)cc(C)cc1C)[C@H](N=C/C(C(C)=O)=C(/O)c1c(C)cc(C)cc1C)c1c(C)cc(C)cc1C)=C(\O)c1c(C)cc(C)cc1C. The van der Waals surface area contributed by atoms with E-state index in [2.05, 4.69) is 38.1 Å². The third kappa shape index (κ3) is 8.87. The van der Waals surface area contributed by atoms with Crippen LogP contribution in [0.4, 0.5) is 0 Å². The Bertz CT molecular complexity index is 2030. The molecule has 282 valence electrons. The Hall–Kier alpha value is -5.36. The number of nitrogens with zero attached hydrogens (tertiary/aromatic N) is 2. The maximum Gasteiger partial charge on any atom is 0.165 e. The highest BCUT2D eigenvalue weighted by Crippen LogP contribution is 2.42. The van der Waals surface area contributed by atoms with Gasteiger partial charge in [0.15, 0.2) is 11.6 Å². The van der Waals surface area contributed by atoms with E-state index in [9.17, 15) is 19.8 Å². The Morgan fingerprint density at radius 2 is 0.667 bits per heavy atom. The van der Waals surface area contributed by atoms with Gasteiger partial charge < -0.3 is 10.2 Å². The van der Waals surface area contributed by atoms with E-state index in [4.69, 9.17) is 9.98 Å². The van der Waals surface area contributed by atoms with Crippen LogP contribution in [0.15, 0.2) is 69.7 Å². The first-order chi connectivity index (χ1) is 25.2. The number of carbonyl (C=O) groups excluding carboxylic acids is 2. The fourth-order valence-corrected chi connectivity index (χ4v) is 8.27. The third-order valence-electron chi connectivity index (χ3n) is 10.2. The first-order valence-corrected chi connectivity index (χ1v) is 18.5. The van der Waals surface area contributed by atoms with Crippen molar-refractivity contribution in [3.05, 3.63) is 149 Å². The van der Waals surface area contributed by atoms with E-state index in [1.165, 1.54) is 26.3 Å². The van der Waals surface area contributed by atoms with Crippen molar-refractivity contribution in [3.63, 3.8) is 0 Å². The number of carbonyl (C=O) groups is 2. The largest absolute Gasteiger partial charge is 0.506 e. The summed E-state index contributed by atoms with van der Waals surface area (Å²) >= 11 is 0. The molecule has 2 atom stereocenters. The molecule has 2 N–H and O–H groups in total. The summed E-state index contributed by atoms with van der Waals surface area (Å²) in [4.78, 5) is 37.0. The van der Waals surface area contributed by atoms with Gasteiger partial charge in [-0.1, -0.05) is 70.8 Å². The minimum Gasteiger partial charge on any atom is -0.506 e. The number of aryl methyl sites for hydroxylation is 12. The highest BCUT2D eigenvalue weighted by Gasteiger charge is 2.30. The Morgan fingerprint density at radius 3 is 0.889 bits per heavy atom. The number of rotatable bonds is 11. The van der Waals surface area contributed by atoms with Gasteiger partial charge in [0.05, 0.1) is 11.1 Å². The zero-order chi connectivity index (χ0) is 40.3. The van der Waals surface area contributed by atoms with Crippen molar-refractivity contribution in [2.45, 2.75) is 109 Å². The molecule has 0 saturated carbocycles. The molecule has 54 heavy (non-hydrogen) atoms. The summed E-state index contributed by atoms with van der Waals surface area (Å²) in [6.45, 7) is 26.8. The molecule has 0 spiro atoms. The molecule has 4 aromatic rings. The van der Waals surface area contributed by atoms with E-state index in [1.807, 2.05) is 93.5 Å². The summed E-state index contributed by atoms with van der Waals surface area (Å²) in [6.07, 6.45) is 2.97. The lowest BCUT2D eigenvalue weighted by Gasteiger charge is -2.28. The Labute approximate surface area is 322 Å². The second kappa shape index (κ2) is 16.8. The summed E-state index contributed by atoms with van der Waals surface area (Å²) in [5, 5.41) is 23.5. The highest BCUT2D eigenvalue weighted by atomic mass is 16.3. The molecular formula is C48H56N2O4. The monoisotopic (exact) mass is 724 g/mol. The molecule has 0 aliphatic rings. The minimum atomic E-state index is -0.692. The van der Waals surface area contributed by atoms with Gasteiger partial charge in [-0.2, -0.15) is 0 Å². The van der Waals surface area contributed by atoms with Gasteiger partial charge in [-0.15, -0.1) is 0 Å².